The highest BCUT2D eigenvalue weighted by Crippen LogP contribution is 2.20. The van der Waals surface area contributed by atoms with Crippen LogP contribution in [0.4, 0.5) is 4.79 Å². The standard InChI is InChI=1S/C22H28ClN5O2/c23-21-18(28-13-5-4-8-19(28)26-21)9-10-20(29)24-17-11-14-27(15-12-17)22(30)25-16-6-2-1-3-7-16/h4-5,8-10,13,16-17H,1-3,6-7,11-12,14-15H2,(H,24,29)(H,25,30)/b10-9+. The van der Waals surface area contributed by atoms with Crippen molar-refractivity contribution in [2.45, 2.75) is 57.0 Å². The number of fused-ring (bicyclic) bond motifs is 1. The first-order valence-electron chi connectivity index (χ1n) is 10.8. The minimum atomic E-state index is -0.165. The van der Waals surface area contributed by atoms with E-state index in [4.69, 9.17) is 11.6 Å². The number of carbonyl (C=O) groups excluding carboxylic acids is 2. The van der Waals surface area contributed by atoms with E-state index in [0.717, 1.165) is 31.3 Å². The van der Waals surface area contributed by atoms with Gasteiger partial charge in [-0.1, -0.05) is 36.9 Å². The summed E-state index contributed by atoms with van der Waals surface area (Å²) >= 11 is 6.20. The molecule has 1 aliphatic carbocycles. The lowest BCUT2D eigenvalue weighted by molar-refractivity contribution is -0.117. The molecule has 8 heteroatoms. The molecule has 1 aliphatic heterocycles. The third-order valence-corrected chi connectivity index (χ3v) is 6.25. The van der Waals surface area contributed by atoms with E-state index in [1.54, 1.807) is 6.08 Å². The third kappa shape index (κ3) is 4.95. The van der Waals surface area contributed by atoms with E-state index in [0.29, 0.717) is 30.0 Å². The van der Waals surface area contributed by atoms with Crippen molar-refractivity contribution in [3.05, 3.63) is 41.3 Å². The summed E-state index contributed by atoms with van der Waals surface area (Å²) in [5, 5.41) is 6.56. The van der Waals surface area contributed by atoms with E-state index in [-0.39, 0.29) is 18.0 Å². The zero-order chi connectivity index (χ0) is 20.9. The summed E-state index contributed by atoms with van der Waals surface area (Å²) in [6, 6.07) is 6.07. The Morgan fingerprint density at radius 3 is 2.53 bits per heavy atom. The average molecular weight is 430 g/mol. The number of carbonyl (C=O) groups is 2. The zero-order valence-corrected chi connectivity index (χ0v) is 17.8. The van der Waals surface area contributed by atoms with E-state index in [1.807, 2.05) is 33.7 Å². The summed E-state index contributed by atoms with van der Waals surface area (Å²) in [5.41, 5.74) is 1.41. The Kier molecular flexibility index (Phi) is 6.57. The maximum Gasteiger partial charge on any atom is 0.317 e. The van der Waals surface area contributed by atoms with Gasteiger partial charge >= 0.3 is 6.03 Å². The Balaban J connectivity index is 1.25. The van der Waals surface area contributed by atoms with Crippen LogP contribution in [0.2, 0.25) is 5.15 Å². The number of nitrogens with one attached hydrogen (secondary N) is 2. The molecule has 2 N–H and O–H groups in total. The number of hydrogen-bond acceptors (Lipinski definition) is 3. The molecular formula is C22H28ClN5O2. The fraction of sp³-hybridized carbons (Fsp3) is 0.500. The quantitative estimate of drug-likeness (QED) is 0.728. The number of imidazole rings is 1. The van der Waals surface area contributed by atoms with E-state index in [2.05, 4.69) is 15.6 Å². The van der Waals surface area contributed by atoms with E-state index < -0.39 is 0 Å². The van der Waals surface area contributed by atoms with Crippen LogP contribution in [0.25, 0.3) is 11.7 Å². The number of hydrogen-bond donors (Lipinski definition) is 2. The Bertz CT molecular complexity index is 927. The average Bonchev–Trinajstić information content (AvgIpc) is 3.08. The number of urea groups is 1. The number of rotatable bonds is 4. The van der Waals surface area contributed by atoms with Crippen LogP contribution in [0.1, 0.15) is 50.6 Å². The molecule has 0 unspecified atom stereocenters. The number of amides is 3. The van der Waals surface area contributed by atoms with Gasteiger partial charge in [0.05, 0.1) is 5.69 Å². The number of aromatic nitrogens is 2. The molecule has 4 rings (SSSR count). The lowest BCUT2D eigenvalue weighted by Gasteiger charge is -2.34. The fourth-order valence-electron chi connectivity index (χ4n) is 4.28. The van der Waals surface area contributed by atoms with Gasteiger partial charge in [0, 0.05) is 37.4 Å². The molecule has 7 nitrogen and oxygen atoms in total. The van der Waals surface area contributed by atoms with Crippen LogP contribution in [0.15, 0.2) is 30.5 Å². The highest BCUT2D eigenvalue weighted by molar-refractivity contribution is 6.31. The summed E-state index contributed by atoms with van der Waals surface area (Å²) < 4.78 is 1.84. The van der Waals surface area contributed by atoms with Crippen molar-refractivity contribution < 1.29 is 9.59 Å². The van der Waals surface area contributed by atoms with Crippen LogP contribution in [-0.2, 0) is 4.79 Å². The topological polar surface area (TPSA) is 78.7 Å². The first-order valence-corrected chi connectivity index (χ1v) is 11.1. The highest BCUT2D eigenvalue weighted by atomic mass is 35.5. The molecule has 3 heterocycles. The second-order valence-corrected chi connectivity index (χ2v) is 8.46. The Labute approximate surface area is 181 Å². The van der Waals surface area contributed by atoms with Crippen molar-refractivity contribution in [2.75, 3.05) is 13.1 Å². The van der Waals surface area contributed by atoms with Gasteiger partial charge in [-0.15, -0.1) is 0 Å². The predicted octanol–water partition coefficient (Wildman–Crippen LogP) is 3.62. The maximum atomic E-state index is 12.5. The lowest BCUT2D eigenvalue weighted by Crippen LogP contribution is -2.51. The van der Waals surface area contributed by atoms with Crippen LogP contribution in [0.5, 0.6) is 0 Å². The molecule has 1 saturated carbocycles. The summed E-state index contributed by atoms with van der Waals surface area (Å²) in [4.78, 5) is 31.0. The Morgan fingerprint density at radius 1 is 1.03 bits per heavy atom. The monoisotopic (exact) mass is 429 g/mol. The fourth-order valence-corrected chi connectivity index (χ4v) is 4.52. The molecule has 2 aromatic rings. The molecule has 2 aromatic heterocycles. The third-order valence-electron chi connectivity index (χ3n) is 5.98. The van der Waals surface area contributed by atoms with Crippen LogP contribution < -0.4 is 10.6 Å². The van der Waals surface area contributed by atoms with Crippen molar-refractivity contribution in [1.29, 1.82) is 0 Å². The van der Waals surface area contributed by atoms with E-state index in [1.165, 1.54) is 25.3 Å². The molecule has 2 fully saturated rings. The number of nitrogens with zero attached hydrogens (tertiary/aromatic N) is 3. The van der Waals surface area contributed by atoms with Gasteiger partial charge in [0.15, 0.2) is 5.15 Å². The highest BCUT2D eigenvalue weighted by Gasteiger charge is 2.25. The molecule has 30 heavy (non-hydrogen) atoms. The number of halogens is 1. The van der Waals surface area contributed by atoms with E-state index in [9.17, 15) is 9.59 Å². The summed E-state index contributed by atoms with van der Waals surface area (Å²) in [6.45, 7) is 1.32. The van der Waals surface area contributed by atoms with Crippen LogP contribution >= 0.6 is 11.6 Å². The predicted molar refractivity (Wildman–Crippen MR) is 117 cm³/mol. The largest absolute Gasteiger partial charge is 0.350 e. The van der Waals surface area contributed by atoms with Gasteiger partial charge in [-0.25, -0.2) is 9.78 Å². The van der Waals surface area contributed by atoms with E-state index >= 15 is 0 Å². The lowest BCUT2D eigenvalue weighted by atomic mass is 9.95. The Hall–Kier alpha value is -2.54. The van der Waals surface area contributed by atoms with Gasteiger partial charge in [0.25, 0.3) is 0 Å². The van der Waals surface area contributed by atoms with Crippen molar-refractivity contribution in [3.63, 3.8) is 0 Å². The molecule has 0 spiro atoms. The van der Waals surface area contributed by atoms with Crippen molar-refractivity contribution in [2.24, 2.45) is 0 Å². The molecule has 0 atom stereocenters. The van der Waals surface area contributed by atoms with Crippen LogP contribution in [0, 0.1) is 0 Å². The van der Waals surface area contributed by atoms with Crippen molar-refractivity contribution in [3.8, 4) is 0 Å². The van der Waals surface area contributed by atoms with Gasteiger partial charge in [0.2, 0.25) is 5.91 Å². The van der Waals surface area contributed by atoms with Gasteiger partial charge in [0.1, 0.15) is 5.65 Å². The number of likely N-dealkylation sites (tertiary alicyclic amines) is 1. The van der Waals surface area contributed by atoms with Gasteiger partial charge in [-0.05, 0) is 43.9 Å². The summed E-state index contributed by atoms with van der Waals surface area (Å²) in [7, 11) is 0. The summed E-state index contributed by atoms with van der Waals surface area (Å²) in [5.74, 6) is -0.165. The first kappa shape index (κ1) is 20.7. The second kappa shape index (κ2) is 9.51. The number of piperidine rings is 1. The normalized spacial score (nSPS) is 18.8. The van der Waals surface area contributed by atoms with Crippen LogP contribution in [-0.4, -0.2) is 51.4 Å². The smallest absolute Gasteiger partial charge is 0.317 e. The van der Waals surface area contributed by atoms with Crippen LogP contribution in [0.3, 0.4) is 0 Å². The summed E-state index contributed by atoms with van der Waals surface area (Å²) in [6.07, 6.45) is 12.4. The zero-order valence-electron chi connectivity index (χ0n) is 17.0. The second-order valence-electron chi connectivity index (χ2n) is 8.10. The molecule has 0 bridgehead atoms. The molecule has 1 saturated heterocycles. The molecule has 3 amide bonds. The van der Waals surface area contributed by atoms with Gasteiger partial charge in [-0.3, -0.25) is 9.20 Å². The molecule has 0 radical (unpaired) electrons. The molecule has 0 aromatic carbocycles. The molecule has 160 valence electrons. The maximum absolute atomic E-state index is 12.5. The SMILES string of the molecule is O=C(/C=C/c1c(Cl)nc2ccccn12)NC1CCN(C(=O)NC2CCCCC2)CC1. The van der Waals surface area contributed by atoms with Crippen molar-refractivity contribution in [1.82, 2.24) is 24.9 Å². The van der Waals surface area contributed by atoms with Gasteiger partial charge in [-0.2, -0.15) is 0 Å². The number of pyridine rings is 1. The molecule has 2 aliphatic rings. The Morgan fingerprint density at radius 2 is 1.77 bits per heavy atom. The minimum absolute atomic E-state index is 0.0359. The molecular weight excluding hydrogens is 402 g/mol. The van der Waals surface area contributed by atoms with Crippen molar-refractivity contribution >= 4 is 35.3 Å². The van der Waals surface area contributed by atoms with Gasteiger partial charge < -0.3 is 15.5 Å². The minimum Gasteiger partial charge on any atom is -0.350 e. The first-order chi connectivity index (χ1) is 14.6.